The van der Waals surface area contributed by atoms with E-state index in [4.69, 9.17) is 77.2 Å². The van der Waals surface area contributed by atoms with Crippen LogP contribution in [0.25, 0.3) is 0 Å². The summed E-state index contributed by atoms with van der Waals surface area (Å²) < 4.78 is 180. The summed E-state index contributed by atoms with van der Waals surface area (Å²) in [6, 6.07) is 13.5. The molecule has 0 atom stereocenters. The van der Waals surface area contributed by atoms with E-state index in [1.165, 1.54) is 56.3 Å². The van der Waals surface area contributed by atoms with E-state index in [1.807, 2.05) is 0 Å². The van der Waals surface area contributed by atoms with Gasteiger partial charge in [-0.15, -0.1) is 0 Å². The molecule has 6 aliphatic rings. The van der Waals surface area contributed by atoms with Crippen molar-refractivity contribution in [2.75, 3.05) is 37.6 Å². The quantitative estimate of drug-likeness (QED) is 0.0159. The number of sulfone groups is 2. The first kappa shape index (κ1) is 84.1. The first-order valence-corrected chi connectivity index (χ1v) is 39.0. The number of nitrogens with two attached hydrogens (primary N) is 2. The first-order chi connectivity index (χ1) is 48.6. The third kappa shape index (κ3) is 23.4. The molecule has 7 aromatic rings. The highest BCUT2D eigenvalue weighted by molar-refractivity contribution is 9.10. The summed E-state index contributed by atoms with van der Waals surface area (Å²) in [4.78, 5) is 33.9. The van der Waals surface area contributed by atoms with Crippen LogP contribution in [0, 0.1) is 46.5 Å². The van der Waals surface area contributed by atoms with Gasteiger partial charge in [0.15, 0.2) is 36.9 Å². The number of benzene rings is 7. The molecule has 0 aromatic heterocycles. The van der Waals surface area contributed by atoms with Crippen LogP contribution in [-0.4, -0.2) is 117 Å². The Morgan fingerprint density at radius 3 is 1.16 bits per heavy atom. The number of rotatable bonds is 14. The van der Waals surface area contributed by atoms with Crippen molar-refractivity contribution in [2.45, 2.75) is 127 Å². The van der Waals surface area contributed by atoms with Crippen LogP contribution in [-0.2, 0) is 40.2 Å². The van der Waals surface area contributed by atoms with Crippen LogP contribution >= 0.6 is 61.4 Å². The number of nitrogens with one attached hydrogen (secondary N) is 1. The molecule has 104 heavy (non-hydrogen) atoms. The van der Waals surface area contributed by atoms with Crippen LogP contribution in [0.4, 0.5) is 46.5 Å². The minimum absolute atomic E-state index is 0.0312. The third-order valence-electron chi connectivity index (χ3n) is 16.4. The summed E-state index contributed by atoms with van der Waals surface area (Å²) in [5, 5.41) is 65.7. The second-order valence-electron chi connectivity index (χ2n) is 24.6. The van der Waals surface area contributed by atoms with Gasteiger partial charge in [0.2, 0.25) is 0 Å². The van der Waals surface area contributed by atoms with Crippen molar-refractivity contribution in [3.63, 3.8) is 0 Å². The number of nitrogen functional groups attached to an aromatic ring is 2. The Hall–Kier alpha value is -7.18. The number of carbonyl (C=O) groups excluding carboxylic acids is 1. The van der Waals surface area contributed by atoms with Crippen LogP contribution in [0.15, 0.2) is 104 Å². The first-order valence-electron chi connectivity index (χ1n) is 31.5. The van der Waals surface area contributed by atoms with Crippen LogP contribution in [0.1, 0.15) is 154 Å². The molecule has 2 heterocycles. The number of hydrogen-bond acceptors (Lipinski definition) is 17. The molecular weight excluding hydrogens is 1600 g/mol. The molecule has 0 bridgehead atoms. The van der Waals surface area contributed by atoms with Crippen molar-refractivity contribution in [1.29, 1.82) is 0 Å². The maximum atomic E-state index is 14.3. The molecule has 20 nitrogen and oxygen atoms in total. The maximum absolute atomic E-state index is 14.3. The Kier molecular flexibility index (Phi) is 29.1. The number of aromatic hydroxyl groups is 3. The lowest BCUT2D eigenvalue weighted by Crippen LogP contribution is -2.27. The SMILES string of the molecule is C1CCNC1.Nc1cc(Br)c(F)cc1F.Nc1cc(C2CC2)c(F)cc1F.O=C(O)c1cc(Cl)c(O)c(S(=O)(=O)Cc2cc(C3CC3)c(F)cc2F)c1.O=C(O)c1cc(Cl)c(O)c(S(=O)(=O)Cl)c1.O=C(c1cc(Cl)c(O)c(S(=O)(=O)Cc2cc(C3CC3)c(F)cc2F)c1)N1CCCC1.OB(O)C1CC1. The number of hydrogen-bond donors (Lipinski definition) is 10. The number of likely N-dealkylation sites (tertiary alicyclic amines) is 1. The van der Waals surface area contributed by atoms with Gasteiger partial charge in [-0.2, -0.15) is 0 Å². The van der Waals surface area contributed by atoms with Crippen LogP contribution in [0.2, 0.25) is 20.9 Å². The number of anilines is 2. The van der Waals surface area contributed by atoms with E-state index < -0.39 is 153 Å². The molecule has 1 amide bonds. The number of carboxylic acids is 2. The van der Waals surface area contributed by atoms with E-state index in [9.17, 15) is 90.1 Å². The molecular formula is C67H66BBrCl4F8N4O16S3. The molecule has 2 saturated heterocycles. The van der Waals surface area contributed by atoms with Gasteiger partial charge in [0.1, 0.15) is 61.2 Å². The van der Waals surface area contributed by atoms with Crippen LogP contribution in [0.3, 0.4) is 0 Å². The topological polar surface area (TPSA) is 363 Å². The minimum Gasteiger partial charge on any atom is -0.505 e. The maximum Gasteiger partial charge on any atom is 0.454 e. The Balaban J connectivity index is 0.000000183. The van der Waals surface area contributed by atoms with Crippen molar-refractivity contribution >= 4 is 126 Å². The second kappa shape index (κ2) is 35.9. The standard InChI is InChI=1S/C21H20ClF2NO4S.C17H13ClF2O5S.C9H9F2N.C7H4Cl2O5S.C6H4BrF2N.C4H9N.C3H7BO2/c22-16-8-13(21(27)25-5-1-2-6-25)9-19(20(16)26)30(28,29)11-14-7-15(12-3-4-12)18(24)10-17(14)23;18-12-4-9(17(22)23)5-15(16(12)21)26(24,25)7-10-3-11(8-1-2-8)14(20)6-13(10)19;10-7-4-8(11)9(12)3-6(7)5-1-2-5;8-4-1-3(7(11)12)2-5(6(4)10)15(9,13)14;7-3-1-6(10)5(9)2-4(3)8;1-2-4-5-3-1;5-4(6)3-1-2-3/h7-10,12,26H,1-6,11H2;3-6,8,21H,1-2,7H2,(H,22,23);3-5H,1-2,12H2;1-2,10H,(H,11,12);1-2H,10H2;5H,1-4H2;3,5-6H,1-2H2. The zero-order valence-electron chi connectivity index (χ0n) is 54.2. The van der Waals surface area contributed by atoms with E-state index in [-0.39, 0.29) is 78.2 Å². The van der Waals surface area contributed by atoms with E-state index in [0.717, 1.165) is 107 Å². The van der Waals surface area contributed by atoms with Gasteiger partial charge >= 0.3 is 19.1 Å². The summed E-state index contributed by atoms with van der Waals surface area (Å²) in [6.45, 7) is 3.62. The lowest BCUT2D eigenvalue weighted by atomic mass is 9.84. The second-order valence-corrected chi connectivity index (χ2v) is 33.2. The lowest BCUT2D eigenvalue weighted by Gasteiger charge is -2.17. The summed E-state index contributed by atoms with van der Waals surface area (Å²) in [5.41, 5.74) is 10.3. The molecule has 2 aliphatic heterocycles. The largest absolute Gasteiger partial charge is 0.505 e. The van der Waals surface area contributed by atoms with Crippen molar-refractivity contribution < 1.29 is 110 Å². The molecule has 4 saturated carbocycles. The number of phenolic OH excluding ortho intramolecular Hbond substituents is 3. The molecule has 562 valence electrons. The van der Waals surface area contributed by atoms with Crippen LogP contribution in [0.5, 0.6) is 17.2 Å². The van der Waals surface area contributed by atoms with E-state index in [1.54, 1.807) is 4.90 Å². The van der Waals surface area contributed by atoms with E-state index >= 15 is 0 Å². The molecule has 12 N–H and O–H groups in total. The highest BCUT2D eigenvalue weighted by Crippen LogP contribution is 2.46. The van der Waals surface area contributed by atoms with Gasteiger partial charge in [-0.05, 0) is 194 Å². The van der Waals surface area contributed by atoms with Crippen molar-refractivity contribution in [3.8, 4) is 17.2 Å². The minimum atomic E-state index is -4.34. The predicted octanol–water partition coefficient (Wildman–Crippen LogP) is 14.7. The number of nitrogens with zero attached hydrogens (tertiary/aromatic N) is 1. The van der Waals surface area contributed by atoms with Gasteiger partial charge in [-0.1, -0.05) is 47.6 Å². The molecule has 37 heteroatoms. The molecule has 0 radical (unpaired) electrons. The smallest absolute Gasteiger partial charge is 0.454 e. The molecule has 6 fully saturated rings. The van der Waals surface area contributed by atoms with Gasteiger partial charge in [0, 0.05) is 64.7 Å². The van der Waals surface area contributed by atoms with E-state index in [2.05, 4.69) is 21.2 Å². The summed E-state index contributed by atoms with van der Waals surface area (Å²) in [5.74, 6) is -12.7. The van der Waals surface area contributed by atoms with Crippen molar-refractivity contribution in [2.24, 2.45) is 0 Å². The molecule has 0 spiro atoms. The van der Waals surface area contributed by atoms with Gasteiger partial charge in [0.25, 0.3) is 15.0 Å². The monoisotopic (exact) mass is 1660 g/mol. The average molecular weight is 1660 g/mol. The molecule has 13 rings (SSSR count). The fourth-order valence-corrected chi connectivity index (χ4v) is 15.3. The van der Waals surface area contributed by atoms with Gasteiger partial charge in [-0.3, -0.25) is 4.79 Å². The fourth-order valence-electron chi connectivity index (χ4n) is 10.1. The summed E-state index contributed by atoms with van der Waals surface area (Å²) in [7, 11) is -8.91. The summed E-state index contributed by atoms with van der Waals surface area (Å²) >= 11 is 20.0. The number of phenols is 3. The van der Waals surface area contributed by atoms with Crippen LogP contribution < -0.4 is 16.8 Å². The third-order valence-corrected chi connectivity index (χ3v) is 22.5. The zero-order valence-corrected chi connectivity index (χ0v) is 61.3. The highest BCUT2D eigenvalue weighted by Gasteiger charge is 2.35. The van der Waals surface area contributed by atoms with Crippen molar-refractivity contribution in [1.82, 2.24) is 10.2 Å². The average Bonchev–Trinajstić information content (AvgIpc) is 1.48. The number of carbonyl (C=O) groups is 3. The number of carboxylic acid groups (broad SMARTS) is 2. The lowest BCUT2D eigenvalue weighted by molar-refractivity contribution is 0.0685. The van der Waals surface area contributed by atoms with Crippen molar-refractivity contribution in [3.05, 3.63) is 196 Å². The Morgan fingerprint density at radius 2 is 0.827 bits per heavy atom. The van der Waals surface area contributed by atoms with Gasteiger partial charge in [-0.25, -0.2) is 70.0 Å². The summed E-state index contributed by atoms with van der Waals surface area (Å²) in [6.07, 6.45) is 11.5. The number of aromatic carboxylic acids is 2. The van der Waals surface area contributed by atoms with E-state index in [0.29, 0.717) is 36.3 Å². The molecule has 0 unspecified atom stereocenters. The van der Waals surface area contributed by atoms with Gasteiger partial charge < -0.3 is 57.3 Å². The van der Waals surface area contributed by atoms with Gasteiger partial charge in [0.05, 0.1) is 53.5 Å². The number of halogens is 13. The number of amides is 1. The molecule has 7 aromatic carbocycles. The zero-order chi connectivity index (χ0) is 77.2. The normalized spacial score (nSPS) is 15.3. The Bertz CT molecular complexity index is 4690. The fraction of sp³-hybridized carbons (Fsp3) is 0.328. The Morgan fingerprint density at radius 1 is 0.481 bits per heavy atom. The highest BCUT2D eigenvalue weighted by atomic mass is 79.9. The predicted molar refractivity (Wildman–Crippen MR) is 376 cm³/mol. The Labute approximate surface area is 620 Å². The molecule has 4 aliphatic carbocycles.